The topological polar surface area (TPSA) is 6.48 Å². The van der Waals surface area contributed by atoms with Crippen molar-refractivity contribution in [2.24, 2.45) is 5.92 Å². The van der Waals surface area contributed by atoms with Gasteiger partial charge >= 0.3 is 0 Å². The normalized spacial score (nSPS) is 25.7. The minimum Gasteiger partial charge on any atom is -0.352 e. The van der Waals surface area contributed by atoms with Crippen LogP contribution < -0.4 is 9.80 Å². The summed E-state index contributed by atoms with van der Waals surface area (Å²) in [6.07, 6.45) is 0.150. The molecular formula is C19H20F2N2. The minimum atomic E-state index is -0.490. The molecule has 2 heterocycles. The van der Waals surface area contributed by atoms with E-state index in [1.807, 2.05) is 12.1 Å². The molecular weight excluding hydrogens is 294 g/mol. The summed E-state index contributed by atoms with van der Waals surface area (Å²) in [5.41, 5.74) is 3.71. The van der Waals surface area contributed by atoms with E-state index < -0.39 is 11.6 Å². The lowest BCUT2D eigenvalue weighted by Gasteiger charge is -2.35. The molecule has 3 atom stereocenters. The van der Waals surface area contributed by atoms with Gasteiger partial charge in [0.05, 0.1) is 11.4 Å². The average molecular weight is 314 g/mol. The lowest BCUT2D eigenvalue weighted by Crippen LogP contribution is -2.45. The summed E-state index contributed by atoms with van der Waals surface area (Å²) < 4.78 is 28.2. The second kappa shape index (κ2) is 4.95. The fraction of sp³-hybridized carbons (Fsp3) is 0.368. The molecule has 0 saturated carbocycles. The van der Waals surface area contributed by atoms with Crippen LogP contribution in [0.5, 0.6) is 0 Å². The van der Waals surface area contributed by atoms with Gasteiger partial charge in [0.2, 0.25) is 0 Å². The quantitative estimate of drug-likeness (QED) is 0.706. The highest BCUT2D eigenvalue weighted by molar-refractivity contribution is 5.77. The molecule has 4 heteroatoms. The van der Waals surface area contributed by atoms with Gasteiger partial charge in [-0.1, -0.05) is 26.0 Å². The van der Waals surface area contributed by atoms with E-state index >= 15 is 0 Å². The van der Waals surface area contributed by atoms with E-state index in [2.05, 4.69) is 42.8 Å². The third kappa shape index (κ3) is 1.97. The Balaban J connectivity index is 1.91. The highest BCUT2D eigenvalue weighted by atomic mass is 19.1. The number of hydrogen-bond donors (Lipinski definition) is 0. The average Bonchev–Trinajstić information content (AvgIpc) is 2.75. The van der Waals surface area contributed by atoms with Crippen LogP contribution in [0.2, 0.25) is 0 Å². The molecule has 2 aromatic rings. The Morgan fingerprint density at radius 1 is 1.04 bits per heavy atom. The van der Waals surface area contributed by atoms with Crippen LogP contribution in [0.3, 0.4) is 0 Å². The number of para-hydroxylation sites is 2. The molecule has 2 aromatic carbocycles. The molecule has 0 N–H and O–H groups in total. The number of rotatable bonds is 0. The molecule has 0 amide bonds. The summed E-state index contributed by atoms with van der Waals surface area (Å²) in [5.74, 6) is -0.598. The number of anilines is 2. The maximum Gasteiger partial charge on any atom is 0.131 e. The van der Waals surface area contributed by atoms with Gasteiger partial charge < -0.3 is 9.80 Å². The Hall–Kier alpha value is -2.10. The van der Waals surface area contributed by atoms with Gasteiger partial charge in [0, 0.05) is 31.1 Å². The summed E-state index contributed by atoms with van der Waals surface area (Å²) in [4.78, 5) is 4.51. The van der Waals surface area contributed by atoms with Gasteiger partial charge in [0.1, 0.15) is 17.8 Å². The number of hydrogen-bond acceptors (Lipinski definition) is 2. The predicted octanol–water partition coefficient (Wildman–Crippen LogP) is 4.50. The molecule has 0 saturated heterocycles. The van der Waals surface area contributed by atoms with Crippen LogP contribution in [0.15, 0.2) is 36.4 Å². The number of benzene rings is 2. The summed E-state index contributed by atoms with van der Waals surface area (Å²) in [7, 11) is 2.08. The zero-order chi connectivity index (χ0) is 16.3. The molecule has 0 spiro atoms. The van der Waals surface area contributed by atoms with E-state index in [1.165, 1.54) is 11.8 Å². The smallest absolute Gasteiger partial charge is 0.131 e. The number of halogens is 2. The molecule has 2 aliphatic heterocycles. The number of fused-ring (bicyclic) bond motifs is 4. The summed E-state index contributed by atoms with van der Waals surface area (Å²) in [5, 5.41) is 0. The Bertz CT molecular complexity index is 774. The molecule has 0 aliphatic carbocycles. The van der Waals surface area contributed by atoms with Crippen molar-refractivity contribution in [3.8, 4) is 0 Å². The van der Waals surface area contributed by atoms with Gasteiger partial charge in [-0.25, -0.2) is 8.78 Å². The second-order valence-electron chi connectivity index (χ2n) is 6.74. The number of nitrogens with zero attached hydrogens (tertiary/aromatic N) is 2. The Morgan fingerprint density at radius 2 is 1.74 bits per heavy atom. The van der Waals surface area contributed by atoms with Gasteiger partial charge in [-0.2, -0.15) is 0 Å². The van der Waals surface area contributed by atoms with Crippen molar-refractivity contribution >= 4 is 11.4 Å². The van der Waals surface area contributed by atoms with Crippen molar-refractivity contribution in [1.82, 2.24) is 0 Å². The Kier molecular flexibility index (Phi) is 3.12. The largest absolute Gasteiger partial charge is 0.352 e. The van der Waals surface area contributed by atoms with E-state index in [1.54, 1.807) is 0 Å². The van der Waals surface area contributed by atoms with Gasteiger partial charge in [-0.05, 0) is 29.7 Å². The maximum atomic E-state index is 14.5. The molecule has 0 bridgehead atoms. The van der Waals surface area contributed by atoms with Crippen molar-refractivity contribution in [3.63, 3.8) is 0 Å². The molecule has 4 rings (SSSR count). The fourth-order valence-corrected chi connectivity index (χ4v) is 4.22. The van der Waals surface area contributed by atoms with Crippen molar-refractivity contribution < 1.29 is 8.78 Å². The van der Waals surface area contributed by atoms with Gasteiger partial charge in [-0.15, -0.1) is 0 Å². The van der Waals surface area contributed by atoms with Crippen LogP contribution in [-0.2, 0) is 6.54 Å². The van der Waals surface area contributed by atoms with Crippen LogP contribution in [0.4, 0.5) is 20.2 Å². The van der Waals surface area contributed by atoms with E-state index in [0.29, 0.717) is 12.1 Å². The SMILES string of the molecule is CC1c2cc(F)cc(F)c2CN2c3ccccc3N(C)C2C1C. The van der Waals surface area contributed by atoms with E-state index in [-0.39, 0.29) is 18.0 Å². The highest BCUT2D eigenvalue weighted by Crippen LogP contribution is 2.47. The predicted molar refractivity (Wildman–Crippen MR) is 88.8 cm³/mol. The first kappa shape index (κ1) is 14.5. The molecule has 2 aliphatic rings. The minimum absolute atomic E-state index is 0.0852. The lowest BCUT2D eigenvalue weighted by atomic mass is 9.85. The van der Waals surface area contributed by atoms with Gasteiger partial charge in [0.25, 0.3) is 0 Å². The molecule has 23 heavy (non-hydrogen) atoms. The van der Waals surface area contributed by atoms with Crippen molar-refractivity contribution in [2.45, 2.75) is 32.5 Å². The second-order valence-corrected chi connectivity index (χ2v) is 6.74. The van der Waals surface area contributed by atoms with E-state index in [0.717, 1.165) is 17.3 Å². The Labute approximate surface area is 135 Å². The summed E-state index contributed by atoms with van der Waals surface area (Å²) in [6, 6.07) is 10.7. The standard InChI is InChI=1S/C19H20F2N2/c1-11-12(2)19-22(3)17-6-4-5-7-18(17)23(19)10-15-14(11)8-13(20)9-16(15)21/h4-9,11-12,19H,10H2,1-3H3. The zero-order valence-electron chi connectivity index (χ0n) is 13.6. The lowest BCUT2D eigenvalue weighted by molar-refractivity contribution is 0.391. The molecule has 0 aromatic heterocycles. The van der Waals surface area contributed by atoms with Crippen LogP contribution in [-0.4, -0.2) is 13.2 Å². The fourth-order valence-electron chi connectivity index (χ4n) is 4.22. The van der Waals surface area contributed by atoms with Crippen LogP contribution in [0, 0.1) is 17.6 Å². The van der Waals surface area contributed by atoms with Crippen molar-refractivity contribution in [2.75, 3.05) is 16.8 Å². The molecule has 3 unspecified atom stereocenters. The van der Waals surface area contributed by atoms with E-state index in [9.17, 15) is 8.78 Å². The molecule has 120 valence electrons. The zero-order valence-corrected chi connectivity index (χ0v) is 13.6. The third-order valence-electron chi connectivity index (χ3n) is 5.56. The summed E-state index contributed by atoms with van der Waals surface area (Å²) >= 11 is 0. The van der Waals surface area contributed by atoms with Crippen LogP contribution >= 0.6 is 0 Å². The third-order valence-corrected chi connectivity index (χ3v) is 5.56. The Morgan fingerprint density at radius 3 is 2.48 bits per heavy atom. The van der Waals surface area contributed by atoms with Crippen LogP contribution in [0.1, 0.15) is 30.9 Å². The summed E-state index contributed by atoms with van der Waals surface area (Å²) in [6.45, 7) is 4.72. The maximum absolute atomic E-state index is 14.5. The molecule has 0 fully saturated rings. The highest BCUT2D eigenvalue weighted by Gasteiger charge is 2.42. The monoisotopic (exact) mass is 314 g/mol. The van der Waals surface area contributed by atoms with Crippen molar-refractivity contribution in [3.05, 3.63) is 59.2 Å². The first-order chi connectivity index (χ1) is 11.0. The van der Waals surface area contributed by atoms with E-state index in [4.69, 9.17) is 0 Å². The molecule has 0 radical (unpaired) electrons. The van der Waals surface area contributed by atoms with Crippen LogP contribution in [0.25, 0.3) is 0 Å². The van der Waals surface area contributed by atoms with Gasteiger partial charge in [0.15, 0.2) is 0 Å². The molecule has 2 nitrogen and oxygen atoms in total. The first-order valence-corrected chi connectivity index (χ1v) is 8.05. The van der Waals surface area contributed by atoms with Gasteiger partial charge in [-0.3, -0.25) is 0 Å². The first-order valence-electron chi connectivity index (χ1n) is 8.05. The van der Waals surface area contributed by atoms with Crippen molar-refractivity contribution in [1.29, 1.82) is 0 Å².